The first-order chi connectivity index (χ1) is 8.77. The SMILES string of the molecule is CCNCC(O)c1c(OC)ccc2ccccc12. The normalized spacial score (nSPS) is 12.6. The van der Waals surface area contributed by atoms with Gasteiger partial charge in [0.1, 0.15) is 5.75 Å². The Hall–Kier alpha value is -1.58. The van der Waals surface area contributed by atoms with E-state index in [1.807, 2.05) is 43.3 Å². The lowest BCUT2D eigenvalue weighted by Crippen LogP contribution is -2.21. The standard InChI is InChI=1S/C15H19NO2/c1-3-16-10-13(17)15-12-7-5-4-6-11(12)8-9-14(15)18-2/h4-9,13,16-17H,3,10H2,1-2H3. The number of aliphatic hydroxyl groups excluding tert-OH is 1. The number of hydrogen-bond donors (Lipinski definition) is 2. The van der Waals surface area contributed by atoms with E-state index >= 15 is 0 Å². The third kappa shape index (κ3) is 2.47. The fourth-order valence-electron chi connectivity index (χ4n) is 2.18. The third-order valence-electron chi connectivity index (χ3n) is 3.07. The Morgan fingerprint density at radius 1 is 1.22 bits per heavy atom. The average Bonchev–Trinajstić information content (AvgIpc) is 2.43. The van der Waals surface area contributed by atoms with Crippen molar-refractivity contribution in [1.29, 1.82) is 0 Å². The van der Waals surface area contributed by atoms with Gasteiger partial charge in [-0.05, 0) is 23.4 Å². The van der Waals surface area contributed by atoms with E-state index in [1.54, 1.807) is 7.11 Å². The zero-order valence-electron chi connectivity index (χ0n) is 10.8. The van der Waals surface area contributed by atoms with Gasteiger partial charge in [-0.1, -0.05) is 37.3 Å². The average molecular weight is 245 g/mol. The van der Waals surface area contributed by atoms with Gasteiger partial charge in [-0.2, -0.15) is 0 Å². The molecule has 0 amide bonds. The van der Waals surface area contributed by atoms with Crippen molar-refractivity contribution >= 4 is 10.8 Å². The van der Waals surface area contributed by atoms with E-state index in [2.05, 4.69) is 5.32 Å². The van der Waals surface area contributed by atoms with Crippen LogP contribution in [0.5, 0.6) is 5.75 Å². The summed E-state index contributed by atoms with van der Waals surface area (Å²) >= 11 is 0. The Labute approximate surface area is 107 Å². The molecule has 2 N–H and O–H groups in total. The van der Waals surface area contributed by atoms with Crippen LogP contribution in [0.4, 0.5) is 0 Å². The number of rotatable bonds is 5. The molecule has 0 bridgehead atoms. The molecular formula is C15H19NO2. The molecule has 18 heavy (non-hydrogen) atoms. The van der Waals surface area contributed by atoms with Gasteiger partial charge >= 0.3 is 0 Å². The van der Waals surface area contributed by atoms with Gasteiger partial charge in [-0.15, -0.1) is 0 Å². The number of aliphatic hydroxyl groups is 1. The van der Waals surface area contributed by atoms with Crippen molar-refractivity contribution in [3.63, 3.8) is 0 Å². The lowest BCUT2D eigenvalue weighted by molar-refractivity contribution is 0.173. The predicted octanol–water partition coefficient (Wildman–Crippen LogP) is 2.49. The summed E-state index contributed by atoms with van der Waals surface area (Å²) in [6.07, 6.45) is -0.564. The molecule has 96 valence electrons. The van der Waals surface area contributed by atoms with E-state index in [9.17, 15) is 5.11 Å². The van der Waals surface area contributed by atoms with Crippen molar-refractivity contribution < 1.29 is 9.84 Å². The number of hydrogen-bond acceptors (Lipinski definition) is 3. The molecule has 0 radical (unpaired) electrons. The van der Waals surface area contributed by atoms with Gasteiger partial charge in [0, 0.05) is 12.1 Å². The van der Waals surface area contributed by atoms with Crippen LogP contribution in [0.1, 0.15) is 18.6 Å². The molecule has 3 nitrogen and oxygen atoms in total. The molecule has 0 aliphatic rings. The predicted molar refractivity (Wildman–Crippen MR) is 74.0 cm³/mol. The number of likely N-dealkylation sites (N-methyl/N-ethyl adjacent to an activating group) is 1. The van der Waals surface area contributed by atoms with Crippen LogP contribution in [-0.4, -0.2) is 25.3 Å². The Morgan fingerprint density at radius 3 is 2.72 bits per heavy atom. The Bertz CT molecular complexity index is 525. The lowest BCUT2D eigenvalue weighted by atomic mass is 9.99. The summed E-state index contributed by atoms with van der Waals surface area (Å²) in [5, 5.41) is 15.6. The second-order valence-electron chi connectivity index (χ2n) is 4.23. The van der Waals surface area contributed by atoms with Crippen LogP contribution in [0.2, 0.25) is 0 Å². The van der Waals surface area contributed by atoms with Crippen molar-refractivity contribution in [3.8, 4) is 5.75 Å². The zero-order valence-corrected chi connectivity index (χ0v) is 10.8. The Morgan fingerprint density at radius 2 is 2.00 bits per heavy atom. The fourth-order valence-corrected chi connectivity index (χ4v) is 2.18. The van der Waals surface area contributed by atoms with Gasteiger partial charge in [0.2, 0.25) is 0 Å². The van der Waals surface area contributed by atoms with Crippen LogP contribution in [0.15, 0.2) is 36.4 Å². The lowest BCUT2D eigenvalue weighted by Gasteiger charge is -2.17. The molecule has 0 fully saturated rings. The minimum atomic E-state index is -0.564. The first-order valence-corrected chi connectivity index (χ1v) is 6.22. The van der Waals surface area contributed by atoms with Crippen molar-refractivity contribution in [2.45, 2.75) is 13.0 Å². The first kappa shape index (κ1) is 12.9. The maximum absolute atomic E-state index is 10.3. The van der Waals surface area contributed by atoms with E-state index in [4.69, 9.17) is 4.74 Å². The highest BCUT2D eigenvalue weighted by molar-refractivity contribution is 5.88. The van der Waals surface area contributed by atoms with Crippen LogP contribution in [0.25, 0.3) is 10.8 Å². The van der Waals surface area contributed by atoms with Gasteiger partial charge in [0.25, 0.3) is 0 Å². The molecule has 2 aromatic rings. The van der Waals surface area contributed by atoms with Crippen molar-refractivity contribution in [2.24, 2.45) is 0 Å². The van der Waals surface area contributed by atoms with E-state index in [-0.39, 0.29) is 0 Å². The molecule has 0 heterocycles. The molecule has 2 rings (SSSR count). The molecule has 0 aromatic heterocycles. The highest BCUT2D eigenvalue weighted by Crippen LogP contribution is 2.32. The van der Waals surface area contributed by atoms with E-state index in [0.29, 0.717) is 6.54 Å². The van der Waals surface area contributed by atoms with Crippen molar-refractivity contribution in [3.05, 3.63) is 42.0 Å². The zero-order chi connectivity index (χ0) is 13.0. The van der Waals surface area contributed by atoms with E-state index < -0.39 is 6.10 Å². The monoisotopic (exact) mass is 245 g/mol. The van der Waals surface area contributed by atoms with Crippen LogP contribution in [0, 0.1) is 0 Å². The van der Waals surface area contributed by atoms with Crippen LogP contribution in [0.3, 0.4) is 0 Å². The molecule has 1 unspecified atom stereocenters. The third-order valence-corrected chi connectivity index (χ3v) is 3.07. The van der Waals surface area contributed by atoms with Crippen molar-refractivity contribution in [1.82, 2.24) is 5.32 Å². The van der Waals surface area contributed by atoms with Crippen LogP contribution >= 0.6 is 0 Å². The Kier molecular flexibility index (Phi) is 4.18. The van der Waals surface area contributed by atoms with Crippen molar-refractivity contribution in [2.75, 3.05) is 20.2 Å². The molecule has 0 spiro atoms. The van der Waals surface area contributed by atoms with Gasteiger partial charge in [-0.3, -0.25) is 0 Å². The van der Waals surface area contributed by atoms with E-state index in [1.165, 1.54) is 0 Å². The highest BCUT2D eigenvalue weighted by Gasteiger charge is 2.16. The smallest absolute Gasteiger partial charge is 0.125 e. The number of ether oxygens (including phenoxy) is 1. The topological polar surface area (TPSA) is 41.5 Å². The summed E-state index contributed by atoms with van der Waals surface area (Å²) in [5.41, 5.74) is 0.858. The van der Waals surface area contributed by atoms with Gasteiger partial charge < -0.3 is 15.2 Å². The summed E-state index contributed by atoms with van der Waals surface area (Å²) in [4.78, 5) is 0. The fraction of sp³-hybridized carbons (Fsp3) is 0.333. The molecule has 0 saturated heterocycles. The largest absolute Gasteiger partial charge is 0.496 e. The number of methoxy groups -OCH3 is 1. The van der Waals surface area contributed by atoms with Crippen LogP contribution in [-0.2, 0) is 0 Å². The van der Waals surface area contributed by atoms with Gasteiger partial charge in [0.05, 0.1) is 13.2 Å². The molecule has 1 atom stereocenters. The van der Waals surface area contributed by atoms with Crippen LogP contribution < -0.4 is 10.1 Å². The number of nitrogens with one attached hydrogen (secondary N) is 1. The number of benzene rings is 2. The summed E-state index contributed by atoms with van der Waals surface area (Å²) in [6.45, 7) is 3.39. The molecule has 0 saturated carbocycles. The first-order valence-electron chi connectivity index (χ1n) is 6.22. The molecule has 0 aliphatic carbocycles. The molecule has 3 heteroatoms. The molecule has 0 aliphatic heterocycles. The van der Waals surface area contributed by atoms with Gasteiger partial charge in [0.15, 0.2) is 0 Å². The van der Waals surface area contributed by atoms with Gasteiger partial charge in [-0.25, -0.2) is 0 Å². The number of fused-ring (bicyclic) bond motifs is 1. The second kappa shape index (κ2) is 5.85. The summed E-state index contributed by atoms with van der Waals surface area (Å²) < 4.78 is 5.37. The summed E-state index contributed by atoms with van der Waals surface area (Å²) in [7, 11) is 1.63. The Balaban J connectivity index is 2.50. The molecule has 2 aromatic carbocycles. The quantitative estimate of drug-likeness (QED) is 0.850. The maximum Gasteiger partial charge on any atom is 0.125 e. The minimum absolute atomic E-state index is 0.529. The highest BCUT2D eigenvalue weighted by atomic mass is 16.5. The van der Waals surface area contributed by atoms with E-state index in [0.717, 1.165) is 28.6 Å². The molecular weight excluding hydrogens is 226 g/mol. The summed E-state index contributed by atoms with van der Waals surface area (Å²) in [5.74, 6) is 0.735. The minimum Gasteiger partial charge on any atom is -0.496 e. The maximum atomic E-state index is 10.3. The summed E-state index contributed by atoms with van der Waals surface area (Å²) in [6, 6.07) is 11.9. The second-order valence-corrected chi connectivity index (χ2v) is 4.23.